The molecular weight excluding hydrogens is 1130 g/mol. The van der Waals surface area contributed by atoms with Gasteiger partial charge in [-0.3, -0.25) is 37.3 Å². The molecule has 3 N–H and O–H groups in total. The molecule has 19 heteroatoms. The van der Waals surface area contributed by atoms with Crippen LogP contribution in [0.3, 0.4) is 0 Å². The molecule has 0 saturated heterocycles. The molecule has 0 aliphatic carbocycles. The summed E-state index contributed by atoms with van der Waals surface area (Å²) in [5.41, 5.74) is 0. The largest absolute Gasteiger partial charge is 0.472 e. The summed E-state index contributed by atoms with van der Waals surface area (Å²) in [5.74, 6) is -1.40. The average Bonchev–Trinajstić information content (AvgIpc) is 3.59. The van der Waals surface area contributed by atoms with Crippen molar-refractivity contribution in [3.8, 4) is 0 Å². The number of phosphoric acid groups is 2. The van der Waals surface area contributed by atoms with Gasteiger partial charge in [-0.15, -0.1) is 0 Å². The van der Waals surface area contributed by atoms with Crippen molar-refractivity contribution >= 4 is 39.5 Å². The molecule has 17 nitrogen and oxygen atoms in total. The molecule has 3 unspecified atom stereocenters. The SMILES string of the molecule is CCCCCCCCCCCCCCCCCCCCCC(=O)O[C@H](COC(=O)CCCCCCCCC(C)CC)COP(=O)(O)OC[C@@H](O)COP(=O)(O)OC[C@@H](COC(=O)CCCCCCCCCC)OC(=O)CCCCCCCCCC. The quantitative estimate of drug-likeness (QED) is 0.0222. The van der Waals surface area contributed by atoms with Crippen molar-refractivity contribution in [3.05, 3.63) is 0 Å². The highest BCUT2D eigenvalue weighted by Crippen LogP contribution is 2.45. The van der Waals surface area contributed by atoms with Gasteiger partial charge in [-0.1, -0.05) is 285 Å². The highest BCUT2D eigenvalue weighted by Gasteiger charge is 2.30. The van der Waals surface area contributed by atoms with Crippen LogP contribution in [0.4, 0.5) is 0 Å². The van der Waals surface area contributed by atoms with Crippen molar-refractivity contribution in [2.24, 2.45) is 5.92 Å². The molecule has 0 aliphatic rings. The summed E-state index contributed by atoms with van der Waals surface area (Å²) in [6, 6.07) is 0. The second-order valence-corrected chi connectivity index (χ2v) is 27.0. The summed E-state index contributed by atoms with van der Waals surface area (Å²) in [5, 5.41) is 10.5. The minimum absolute atomic E-state index is 0.105. The van der Waals surface area contributed by atoms with E-state index in [2.05, 4.69) is 34.6 Å². The number of carbonyl (C=O) groups is 4. The molecule has 0 bridgehead atoms. The molecule has 504 valence electrons. The van der Waals surface area contributed by atoms with Gasteiger partial charge in [0.25, 0.3) is 0 Å². The first-order valence-corrected chi connectivity index (χ1v) is 37.7. The lowest BCUT2D eigenvalue weighted by molar-refractivity contribution is -0.161. The second-order valence-electron chi connectivity index (χ2n) is 24.1. The van der Waals surface area contributed by atoms with Gasteiger partial charge in [-0.05, 0) is 31.6 Å². The molecule has 0 radical (unpaired) electrons. The maximum absolute atomic E-state index is 13.0. The van der Waals surface area contributed by atoms with Gasteiger partial charge >= 0.3 is 39.5 Å². The van der Waals surface area contributed by atoms with E-state index in [4.69, 9.17) is 37.0 Å². The Morgan fingerprint density at radius 1 is 0.329 bits per heavy atom. The molecule has 0 saturated carbocycles. The first-order valence-electron chi connectivity index (χ1n) is 34.7. The number of rotatable bonds is 66. The normalized spacial score (nSPS) is 14.5. The monoisotopic (exact) mass is 1250 g/mol. The minimum Gasteiger partial charge on any atom is -0.462 e. The predicted octanol–water partition coefficient (Wildman–Crippen LogP) is 18.6. The Labute approximate surface area is 517 Å². The van der Waals surface area contributed by atoms with Crippen LogP contribution in [0.25, 0.3) is 0 Å². The van der Waals surface area contributed by atoms with Crippen LogP contribution < -0.4 is 0 Å². The molecule has 0 heterocycles. The maximum Gasteiger partial charge on any atom is 0.472 e. The van der Waals surface area contributed by atoms with Gasteiger partial charge in [0.05, 0.1) is 26.4 Å². The van der Waals surface area contributed by atoms with E-state index < -0.39 is 97.5 Å². The molecule has 0 amide bonds. The maximum atomic E-state index is 13.0. The van der Waals surface area contributed by atoms with E-state index in [9.17, 15) is 43.2 Å². The molecular formula is C66H128O17P2. The number of hydrogen-bond donors (Lipinski definition) is 3. The first kappa shape index (κ1) is 83.1. The molecule has 0 aliphatic heterocycles. The van der Waals surface area contributed by atoms with Gasteiger partial charge < -0.3 is 33.8 Å². The Hall–Kier alpha value is -1.94. The van der Waals surface area contributed by atoms with E-state index in [1.165, 1.54) is 141 Å². The lowest BCUT2D eigenvalue weighted by Gasteiger charge is -2.21. The third kappa shape index (κ3) is 59.5. The number of esters is 4. The number of phosphoric ester groups is 2. The summed E-state index contributed by atoms with van der Waals surface area (Å²) in [4.78, 5) is 72.1. The summed E-state index contributed by atoms with van der Waals surface area (Å²) >= 11 is 0. The highest BCUT2D eigenvalue weighted by atomic mass is 31.2. The van der Waals surface area contributed by atoms with Crippen LogP contribution in [0.15, 0.2) is 0 Å². The highest BCUT2D eigenvalue weighted by molar-refractivity contribution is 7.47. The zero-order valence-electron chi connectivity index (χ0n) is 54.7. The van der Waals surface area contributed by atoms with E-state index in [1.54, 1.807) is 0 Å². The number of hydrogen-bond acceptors (Lipinski definition) is 15. The second kappa shape index (κ2) is 59.7. The number of unbranched alkanes of at least 4 members (excludes halogenated alkanes) is 37. The van der Waals surface area contributed by atoms with Gasteiger partial charge in [0.15, 0.2) is 12.2 Å². The van der Waals surface area contributed by atoms with E-state index >= 15 is 0 Å². The molecule has 0 spiro atoms. The molecule has 0 fully saturated rings. The van der Waals surface area contributed by atoms with Gasteiger partial charge in [-0.25, -0.2) is 9.13 Å². The molecule has 0 rings (SSSR count). The van der Waals surface area contributed by atoms with Crippen molar-refractivity contribution in [2.45, 2.75) is 355 Å². The fourth-order valence-corrected chi connectivity index (χ4v) is 11.5. The number of aliphatic hydroxyl groups is 1. The van der Waals surface area contributed by atoms with Crippen LogP contribution in [0, 0.1) is 5.92 Å². The number of carbonyl (C=O) groups excluding carboxylic acids is 4. The molecule has 6 atom stereocenters. The van der Waals surface area contributed by atoms with Crippen LogP contribution in [-0.4, -0.2) is 96.7 Å². The van der Waals surface area contributed by atoms with Crippen molar-refractivity contribution < 1.29 is 80.2 Å². The Balaban J connectivity index is 5.14. The van der Waals surface area contributed by atoms with Gasteiger partial charge in [0.2, 0.25) is 0 Å². The third-order valence-corrected chi connectivity index (χ3v) is 17.5. The Morgan fingerprint density at radius 2 is 0.565 bits per heavy atom. The first-order chi connectivity index (χ1) is 41.1. The van der Waals surface area contributed by atoms with Crippen LogP contribution >= 0.6 is 15.6 Å². The lowest BCUT2D eigenvalue weighted by atomic mass is 10.00. The topological polar surface area (TPSA) is 237 Å². The third-order valence-electron chi connectivity index (χ3n) is 15.6. The standard InChI is InChI=1S/C66H128O17P2/c1-6-10-13-16-19-22-23-24-25-26-27-28-29-30-31-32-35-42-47-52-66(71)83-62(56-77-64(69)50-45-40-37-36-38-43-48-59(5)9-4)58-81-85(74,75)79-54-60(67)53-78-84(72,73)80-57-61(82-65(70)51-46-41-34-21-18-15-12-8-3)55-76-63(68)49-44-39-33-20-17-14-11-7-2/h59-62,67H,6-58H2,1-5H3,(H,72,73)(H,74,75)/t59?,60-,61+,62+/m0/s1. The van der Waals surface area contributed by atoms with Crippen LogP contribution in [0.1, 0.15) is 336 Å². The molecule has 85 heavy (non-hydrogen) atoms. The van der Waals surface area contributed by atoms with E-state index in [1.807, 2.05) is 0 Å². The van der Waals surface area contributed by atoms with Gasteiger partial charge in [0, 0.05) is 25.7 Å². The summed E-state index contributed by atoms with van der Waals surface area (Å²) in [6.07, 6.45) is 44.7. The van der Waals surface area contributed by atoms with Crippen molar-refractivity contribution in [2.75, 3.05) is 39.6 Å². The molecule has 0 aromatic rings. The van der Waals surface area contributed by atoms with E-state index in [0.29, 0.717) is 25.7 Å². The van der Waals surface area contributed by atoms with Crippen LogP contribution in [-0.2, 0) is 65.4 Å². The van der Waals surface area contributed by atoms with Gasteiger partial charge in [0.1, 0.15) is 19.3 Å². The molecule has 0 aromatic carbocycles. The Kier molecular flexibility index (Phi) is 58.3. The van der Waals surface area contributed by atoms with Crippen molar-refractivity contribution in [3.63, 3.8) is 0 Å². The average molecular weight is 1260 g/mol. The molecule has 0 aromatic heterocycles. The lowest BCUT2D eigenvalue weighted by Crippen LogP contribution is -2.30. The smallest absolute Gasteiger partial charge is 0.462 e. The minimum atomic E-state index is -4.95. The Bertz CT molecular complexity index is 1650. The fraction of sp³-hybridized carbons (Fsp3) is 0.939. The zero-order chi connectivity index (χ0) is 62.8. The van der Waals surface area contributed by atoms with Crippen LogP contribution in [0.5, 0.6) is 0 Å². The zero-order valence-corrected chi connectivity index (χ0v) is 56.5. The number of aliphatic hydroxyl groups excluding tert-OH is 1. The van der Waals surface area contributed by atoms with Crippen molar-refractivity contribution in [1.82, 2.24) is 0 Å². The predicted molar refractivity (Wildman–Crippen MR) is 340 cm³/mol. The summed E-state index contributed by atoms with van der Waals surface area (Å²) in [6.45, 7) is 7.12. The summed E-state index contributed by atoms with van der Waals surface area (Å²) < 4.78 is 67.9. The van der Waals surface area contributed by atoms with E-state index in [0.717, 1.165) is 115 Å². The number of ether oxygens (including phenoxy) is 4. The van der Waals surface area contributed by atoms with Gasteiger partial charge in [-0.2, -0.15) is 0 Å². The van der Waals surface area contributed by atoms with Crippen molar-refractivity contribution in [1.29, 1.82) is 0 Å². The fourth-order valence-electron chi connectivity index (χ4n) is 9.90. The summed E-state index contributed by atoms with van der Waals surface area (Å²) in [7, 11) is -9.88. The van der Waals surface area contributed by atoms with Crippen LogP contribution in [0.2, 0.25) is 0 Å². The Morgan fingerprint density at radius 3 is 0.835 bits per heavy atom. The van der Waals surface area contributed by atoms with E-state index in [-0.39, 0.29) is 25.7 Å².